The lowest BCUT2D eigenvalue weighted by Gasteiger charge is -2.32. The molecular weight excluding hydrogens is 368 g/mol. The Morgan fingerprint density at radius 3 is 2.52 bits per heavy atom. The first-order valence-corrected chi connectivity index (χ1v) is 10.5. The van der Waals surface area contributed by atoms with Gasteiger partial charge in [-0.25, -0.2) is 0 Å². The molecule has 2 N–H and O–H groups in total. The molecular formula is C18H28N4O4S. The summed E-state index contributed by atoms with van der Waals surface area (Å²) in [6.45, 7) is 5.41. The molecule has 0 aromatic carbocycles. The fourth-order valence-corrected chi connectivity index (χ4v) is 3.69. The van der Waals surface area contributed by atoms with Crippen LogP contribution >= 0.6 is 11.8 Å². The molecule has 0 saturated heterocycles. The molecule has 1 aromatic rings. The molecule has 3 atom stereocenters. The number of carbonyl (C=O) groups excluding carboxylic acids is 3. The van der Waals surface area contributed by atoms with Crippen molar-refractivity contribution in [2.75, 3.05) is 6.26 Å². The van der Waals surface area contributed by atoms with Crippen LogP contribution in [0.25, 0.3) is 0 Å². The second-order valence-corrected chi connectivity index (χ2v) is 8.09. The maximum absolute atomic E-state index is 12.9. The minimum atomic E-state index is -0.729. The third kappa shape index (κ3) is 6.05. The van der Waals surface area contributed by atoms with Crippen LogP contribution in [0.5, 0.6) is 0 Å². The highest BCUT2D eigenvalue weighted by Gasteiger charge is 2.35. The van der Waals surface area contributed by atoms with Gasteiger partial charge in [0.1, 0.15) is 0 Å². The third-order valence-electron chi connectivity index (χ3n) is 4.62. The lowest BCUT2D eigenvalue weighted by molar-refractivity contribution is -0.128. The number of Topliss-reactive ketones (excluding diaryl/α,β-unsaturated/α-hetero) is 1. The number of hydrogen-bond acceptors (Lipinski definition) is 7. The summed E-state index contributed by atoms with van der Waals surface area (Å²) in [4.78, 5) is 37.1. The largest absolute Gasteiger partial charge is 0.408 e. The fraction of sp³-hybridized carbons (Fsp3) is 0.722. The highest BCUT2D eigenvalue weighted by atomic mass is 32.2. The van der Waals surface area contributed by atoms with Gasteiger partial charge in [0, 0.05) is 13.0 Å². The molecule has 1 heterocycles. The van der Waals surface area contributed by atoms with Gasteiger partial charge in [0.05, 0.1) is 12.0 Å². The molecule has 0 bridgehead atoms. The Hall–Kier alpha value is -1.90. The van der Waals surface area contributed by atoms with Crippen LogP contribution in [-0.4, -0.2) is 46.1 Å². The number of aromatic nitrogens is 2. The smallest absolute Gasteiger partial charge is 0.286 e. The van der Waals surface area contributed by atoms with Crippen LogP contribution < -0.4 is 10.6 Å². The van der Waals surface area contributed by atoms with E-state index >= 15 is 0 Å². The van der Waals surface area contributed by atoms with Crippen molar-refractivity contribution in [3.05, 3.63) is 5.89 Å². The highest BCUT2D eigenvalue weighted by molar-refractivity contribution is 7.98. The number of carbonyl (C=O) groups is 3. The molecule has 1 fully saturated rings. The lowest BCUT2D eigenvalue weighted by atomic mass is 9.83. The Morgan fingerprint density at radius 1 is 1.22 bits per heavy atom. The maximum Gasteiger partial charge on any atom is 0.286 e. The summed E-state index contributed by atoms with van der Waals surface area (Å²) in [5, 5.41) is 13.6. The topological polar surface area (TPSA) is 114 Å². The predicted molar refractivity (Wildman–Crippen MR) is 101 cm³/mol. The highest BCUT2D eigenvalue weighted by Crippen LogP contribution is 2.25. The average Bonchev–Trinajstić information content (AvgIpc) is 3.09. The number of rotatable bonds is 8. The van der Waals surface area contributed by atoms with Gasteiger partial charge in [-0.05, 0) is 31.4 Å². The van der Waals surface area contributed by atoms with Crippen LogP contribution in [0.2, 0.25) is 0 Å². The van der Waals surface area contributed by atoms with Crippen molar-refractivity contribution in [2.24, 2.45) is 11.8 Å². The van der Waals surface area contributed by atoms with E-state index in [1.54, 1.807) is 6.26 Å². The Morgan fingerprint density at radius 2 is 1.93 bits per heavy atom. The SMILES string of the molecule is CSc1nnc(C(=O)[C@H](CC(C)C)NC(=O)[C@@H]2CCCC[C@@H]2NC(C)=O)o1. The van der Waals surface area contributed by atoms with Gasteiger partial charge in [-0.3, -0.25) is 14.4 Å². The van der Waals surface area contributed by atoms with Gasteiger partial charge in [-0.15, -0.1) is 10.2 Å². The van der Waals surface area contributed by atoms with Crippen LogP contribution in [0.4, 0.5) is 0 Å². The molecule has 150 valence electrons. The maximum atomic E-state index is 12.9. The van der Waals surface area contributed by atoms with Gasteiger partial charge in [0.2, 0.25) is 17.6 Å². The molecule has 0 unspecified atom stereocenters. The van der Waals surface area contributed by atoms with Crippen LogP contribution in [0.3, 0.4) is 0 Å². The van der Waals surface area contributed by atoms with Crippen LogP contribution in [0.15, 0.2) is 9.64 Å². The number of amides is 2. The first-order chi connectivity index (χ1) is 12.8. The molecule has 9 heteroatoms. The second kappa shape index (κ2) is 9.87. The molecule has 8 nitrogen and oxygen atoms in total. The zero-order valence-electron chi connectivity index (χ0n) is 16.3. The Balaban J connectivity index is 2.12. The summed E-state index contributed by atoms with van der Waals surface area (Å²) < 4.78 is 5.34. The normalized spacial score (nSPS) is 20.9. The minimum Gasteiger partial charge on any atom is -0.408 e. The van der Waals surface area contributed by atoms with Gasteiger partial charge >= 0.3 is 0 Å². The number of thioether (sulfide) groups is 1. The van der Waals surface area contributed by atoms with Gasteiger partial charge in [-0.2, -0.15) is 0 Å². The molecule has 1 saturated carbocycles. The van der Waals surface area contributed by atoms with Crippen molar-refractivity contribution in [3.8, 4) is 0 Å². The van der Waals surface area contributed by atoms with Crippen molar-refractivity contribution in [1.82, 2.24) is 20.8 Å². The van der Waals surface area contributed by atoms with Gasteiger partial charge in [0.15, 0.2) is 0 Å². The van der Waals surface area contributed by atoms with Gasteiger partial charge < -0.3 is 15.1 Å². The molecule has 1 aromatic heterocycles. The molecule has 0 spiro atoms. The van der Waals surface area contributed by atoms with Gasteiger partial charge in [-0.1, -0.05) is 38.5 Å². The summed E-state index contributed by atoms with van der Waals surface area (Å²) >= 11 is 1.26. The summed E-state index contributed by atoms with van der Waals surface area (Å²) in [5.74, 6) is -0.972. The monoisotopic (exact) mass is 396 g/mol. The first kappa shape index (κ1) is 21.4. The zero-order valence-corrected chi connectivity index (χ0v) is 17.1. The molecule has 1 aliphatic carbocycles. The summed E-state index contributed by atoms with van der Waals surface area (Å²) in [6, 6.07) is -0.926. The minimum absolute atomic E-state index is 0.0904. The first-order valence-electron chi connectivity index (χ1n) is 9.31. The molecule has 27 heavy (non-hydrogen) atoms. The van der Waals surface area contributed by atoms with E-state index in [-0.39, 0.29) is 41.4 Å². The van der Waals surface area contributed by atoms with Crippen molar-refractivity contribution in [1.29, 1.82) is 0 Å². The van der Waals surface area contributed by atoms with Crippen LogP contribution in [0, 0.1) is 11.8 Å². The molecule has 0 radical (unpaired) electrons. The van der Waals surface area contributed by atoms with Crippen molar-refractivity contribution in [3.63, 3.8) is 0 Å². The quantitative estimate of drug-likeness (QED) is 0.511. The number of hydrogen-bond donors (Lipinski definition) is 2. The van der Waals surface area contributed by atoms with E-state index in [2.05, 4.69) is 20.8 Å². The van der Waals surface area contributed by atoms with Crippen molar-refractivity contribution < 1.29 is 18.8 Å². The molecule has 2 amide bonds. The Bertz CT molecular complexity index is 676. The summed E-state index contributed by atoms with van der Waals surface area (Å²) in [5.41, 5.74) is 0. The van der Waals surface area contributed by atoms with Crippen LogP contribution in [-0.2, 0) is 9.59 Å². The standard InChI is InChI=1S/C18H28N4O4S/c1-10(2)9-14(15(24)17-21-22-18(26-17)27-4)20-16(25)12-7-5-6-8-13(12)19-11(3)23/h10,12-14H,5-9H2,1-4H3,(H,19,23)(H,20,25)/t12-,13+,14+/m1/s1. The fourth-order valence-electron chi connectivity index (χ4n) is 3.40. The lowest BCUT2D eigenvalue weighted by Crippen LogP contribution is -2.51. The summed E-state index contributed by atoms with van der Waals surface area (Å²) in [6.07, 6.45) is 5.61. The van der Waals surface area contributed by atoms with E-state index in [4.69, 9.17) is 4.42 Å². The Kier molecular flexibility index (Phi) is 7.82. The average molecular weight is 397 g/mol. The summed E-state index contributed by atoms with van der Waals surface area (Å²) in [7, 11) is 0. The number of nitrogens with zero attached hydrogens (tertiary/aromatic N) is 2. The molecule has 0 aliphatic heterocycles. The third-order valence-corrected chi connectivity index (χ3v) is 5.14. The van der Waals surface area contributed by atoms with E-state index < -0.39 is 6.04 Å². The van der Waals surface area contributed by atoms with Crippen LogP contribution in [0.1, 0.15) is 63.6 Å². The molecule has 2 rings (SSSR count). The second-order valence-electron chi connectivity index (χ2n) is 7.33. The van der Waals surface area contributed by atoms with E-state index in [9.17, 15) is 14.4 Å². The molecule has 1 aliphatic rings. The number of ketones is 1. The van der Waals surface area contributed by atoms with E-state index in [1.165, 1.54) is 18.7 Å². The Labute approximate surface area is 163 Å². The van der Waals surface area contributed by atoms with E-state index in [0.29, 0.717) is 18.1 Å². The number of nitrogens with one attached hydrogen (secondary N) is 2. The predicted octanol–water partition coefficient (Wildman–Crippen LogP) is 2.20. The zero-order chi connectivity index (χ0) is 20.0. The van der Waals surface area contributed by atoms with E-state index in [0.717, 1.165) is 19.3 Å². The van der Waals surface area contributed by atoms with Crippen molar-refractivity contribution in [2.45, 2.75) is 70.2 Å². The van der Waals surface area contributed by atoms with Crippen molar-refractivity contribution >= 4 is 29.4 Å². The van der Waals surface area contributed by atoms with E-state index in [1.807, 2.05) is 13.8 Å². The van der Waals surface area contributed by atoms with Gasteiger partial charge in [0.25, 0.3) is 11.1 Å².